The van der Waals surface area contributed by atoms with Gasteiger partial charge in [-0.25, -0.2) is 0 Å². The second-order valence-corrected chi connectivity index (χ2v) is 3.82. The van der Waals surface area contributed by atoms with Crippen LogP contribution in [-0.2, 0) is 9.53 Å². The largest absolute Gasteiger partial charge is 0.394 e. The van der Waals surface area contributed by atoms with Gasteiger partial charge in [0.25, 0.3) is 0 Å². The molecule has 0 aromatic heterocycles. The van der Waals surface area contributed by atoms with Gasteiger partial charge in [0.2, 0.25) is 5.91 Å². The maximum absolute atomic E-state index is 10.9. The third-order valence-corrected chi connectivity index (χ3v) is 2.25. The Morgan fingerprint density at radius 3 is 2.29 bits per heavy atom. The van der Waals surface area contributed by atoms with Crippen molar-refractivity contribution in [1.29, 1.82) is 0 Å². The lowest BCUT2D eigenvalue weighted by atomic mass is 10.2. The number of aliphatic hydroxyl groups is 1. The van der Waals surface area contributed by atoms with E-state index >= 15 is 0 Å². The maximum Gasteiger partial charge on any atom is 0.220 e. The van der Waals surface area contributed by atoms with Crippen molar-refractivity contribution in [2.45, 2.75) is 46.1 Å². The molecule has 4 nitrogen and oxygen atoms in total. The highest BCUT2D eigenvalue weighted by Crippen LogP contribution is 2.27. The van der Waals surface area contributed by atoms with Crippen LogP contribution in [-0.4, -0.2) is 36.9 Å². The molecule has 100 valence electrons. The monoisotopic (exact) mass is 243 g/mol. The molecule has 1 atom stereocenters. The lowest BCUT2D eigenvalue weighted by Gasteiger charge is -2.10. The van der Waals surface area contributed by atoms with Crippen LogP contribution in [0.5, 0.6) is 0 Å². The highest BCUT2D eigenvalue weighted by molar-refractivity contribution is 5.76. The first-order valence-corrected chi connectivity index (χ1v) is 6.35. The third kappa shape index (κ3) is 10.0. The zero-order valence-corrected chi connectivity index (χ0v) is 11.2. The predicted molar refractivity (Wildman–Crippen MR) is 68.8 cm³/mol. The van der Waals surface area contributed by atoms with Crippen LogP contribution in [0.25, 0.3) is 0 Å². The fraction of sp³-hybridized carbons (Fsp3) is 0.769. The molecule has 1 amide bonds. The number of rotatable bonds is 6. The van der Waals surface area contributed by atoms with Crippen molar-refractivity contribution in [3.8, 4) is 0 Å². The molecular formula is C13H25NO3. The minimum absolute atomic E-state index is 0.00472. The van der Waals surface area contributed by atoms with E-state index < -0.39 is 0 Å². The van der Waals surface area contributed by atoms with Gasteiger partial charge >= 0.3 is 0 Å². The van der Waals surface area contributed by atoms with Crippen LogP contribution in [0.15, 0.2) is 11.6 Å². The minimum Gasteiger partial charge on any atom is -0.394 e. The first-order chi connectivity index (χ1) is 8.17. The van der Waals surface area contributed by atoms with Crippen LogP contribution in [0.4, 0.5) is 0 Å². The van der Waals surface area contributed by atoms with Gasteiger partial charge < -0.3 is 15.2 Å². The normalized spacial score (nSPS) is 14.5. The number of ether oxygens (including phenoxy) is 1. The van der Waals surface area contributed by atoms with Gasteiger partial charge in [-0.1, -0.05) is 18.6 Å². The molecule has 17 heavy (non-hydrogen) atoms. The van der Waals surface area contributed by atoms with E-state index in [0.717, 1.165) is 26.1 Å². The first kappa shape index (κ1) is 16.1. The maximum atomic E-state index is 10.9. The van der Waals surface area contributed by atoms with Crippen LogP contribution in [0.1, 0.15) is 40.0 Å². The fourth-order valence-corrected chi connectivity index (χ4v) is 1.18. The zero-order chi connectivity index (χ0) is 13.1. The highest BCUT2D eigenvalue weighted by Gasteiger charge is 2.14. The second kappa shape index (κ2) is 10.3. The van der Waals surface area contributed by atoms with Gasteiger partial charge in [-0.2, -0.15) is 0 Å². The third-order valence-electron chi connectivity index (χ3n) is 2.25. The van der Waals surface area contributed by atoms with Crippen molar-refractivity contribution >= 4 is 5.91 Å². The number of carbonyl (C=O) groups excluding carboxylic acids is 1. The van der Waals surface area contributed by atoms with Crippen LogP contribution >= 0.6 is 0 Å². The minimum atomic E-state index is -0.171. The van der Waals surface area contributed by atoms with E-state index in [1.807, 2.05) is 19.9 Å². The van der Waals surface area contributed by atoms with Crippen LogP contribution in [0.3, 0.4) is 0 Å². The summed E-state index contributed by atoms with van der Waals surface area (Å²) in [6.07, 6.45) is 4.67. The van der Waals surface area contributed by atoms with E-state index in [4.69, 9.17) is 9.84 Å². The molecule has 0 unspecified atom stereocenters. The molecular weight excluding hydrogens is 218 g/mol. The van der Waals surface area contributed by atoms with E-state index in [2.05, 4.69) is 5.32 Å². The first-order valence-electron chi connectivity index (χ1n) is 6.35. The molecule has 0 bridgehead atoms. The molecule has 0 saturated heterocycles. The number of carbonyl (C=O) groups is 1. The summed E-state index contributed by atoms with van der Waals surface area (Å²) < 4.78 is 4.83. The summed E-state index contributed by atoms with van der Waals surface area (Å²) in [5, 5.41) is 11.6. The van der Waals surface area contributed by atoms with Crippen LogP contribution in [0.2, 0.25) is 0 Å². The fourth-order valence-electron chi connectivity index (χ4n) is 1.18. The van der Waals surface area contributed by atoms with Gasteiger partial charge in [-0.3, -0.25) is 4.79 Å². The van der Waals surface area contributed by atoms with Gasteiger partial charge in [0.1, 0.15) is 0 Å². The van der Waals surface area contributed by atoms with Crippen LogP contribution < -0.4 is 5.32 Å². The average molecular weight is 243 g/mol. The van der Waals surface area contributed by atoms with E-state index in [9.17, 15) is 4.79 Å². The number of aliphatic hydroxyl groups excluding tert-OH is 1. The summed E-state index contributed by atoms with van der Waals surface area (Å²) in [5.74, 6) is -0.00782. The lowest BCUT2D eigenvalue weighted by Crippen LogP contribution is -2.35. The van der Waals surface area contributed by atoms with Crippen molar-refractivity contribution in [2.24, 2.45) is 0 Å². The Labute approximate surface area is 104 Å². The summed E-state index contributed by atoms with van der Waals surface area (Å²) in [5.41, 5.74) is 1.34. The molecule has 0 heterocycles. The number of allylic oxidation sites excluding steroid dienone is 1. The Kier molecular flexibility index (Phi) is 9.77. The Bertz CT molecular complexity index is 231. The highest BCUT2D eigenvalue weighted by atomic mass is 16.5. The molecule has 0 aliphatic heterocycles. The zero-order valence-electron chi connectivity index (χ0n) is 11.2. The smallest absolute Gasteiger partial charge is 0.220 e. The molecule has 0 radical (unpaired) electrons. The molecule has 1 saturated carbocycles. The topological polar surface area (TPSA) is 58.6 Å². The molecule has 0 aromatic carbocycles. The Morgan fingerprint density at radius 2 is 2.00 bits per heavy atom. The number of nitrogens with one attached hydrogen (secondary N) is 1. The quantitative estimate of drug-likeness (QED) is 0.697. The Hall–Kier alpha value is -0.870. The molecule has 2 N–H and O–H groups in total. The molecule has 1 aliphatic carbocycles. The number of amides is 1. The number of hydrogen-bond donors (Lipinski definition) is 2. The van der Waals surface area contributed by atoms with Crippen molar-refractivity contribution in [1.82, 2.24) is 5.32 Å². The van der Waals surface area contributed by atoms with Gasteiger partial charge in [-0.05, 0) is 26.7 Å². The summed E-state index contributed by atoms with van der Waals surface area (Å²) >= 11 is 0. The molecule has 1 rings (SSSR count). The van der Waals surface area contributed by atoms with Crippen molar-refractivity contribution in [3.05, 3.63) is 11.6 Å². The second-order valence-electron chi connectivity index (χ2n) is 3.82. The van der Waals surface area contributed by atoms with Crippen LogP contribution in [0, 0.1) is 0 Å². The Morgan fingerprint density at radius 1 is 1.41 bits per heavy atom. The Balaban J connectivity index is 0.000000437. The molecule has 0 spiro atoms. The summed E-state index contributed by atoms with van der Waals surface area (Å²) in [6, 6.07) is -0.171. The van der Waals surface area contributed by atoms with Gasteiger partial charge in [0.05, 0.1) is 12.6 Å². The van der Waals surface area contributed by atoms with Crippen molar-refractivity contribution in [3.63, 3.8) is 0 Å². The summed E-state index contributed by atoms with van der Waals surface area (Å²) in [4.78, 5) is 10.9. The summed E-state index contributed by atoms with van der Waals surface area (Å²) in [6.45, 7) is 7.46. The predicted octanol–water partition coefficient (Wildman–Crippen LogP) is 1.64. The lowest BCUT2D eigenvalue weighted by molar-refractivity contribution is -0.121. The van der Waals surface area contributed by atoms with E-state index in [1.165, 1.54) is 5.57 Å². The molecule has 0 aromatic rings. The van der Waals surface area contributed by atoms with Crippen molar-refractivity contribution < 1.29 is 14.6 Å². The standard InChI is InChI=1S/C9H15NO2.C4H10O/c1-2-9(12)10-8(6-11)5-7-3-4-7;1-3-5-4-2/h5,8,11H,2-4,6H2,1H3,(H,10,12);3-4H2,1-2H3/t8-;/m0./s1. The number of hydrogen-bond acceptors (Lipinski definition) is 3. The van der Waals surface area contributed by atoms with E-state index in [1.54, 1.807) is 6.92 Å². The molecule has 1 aliphatic rings. The van der Waals surface area contributed by atoms with Gasteiger partial charge in [0, 0.05) is 19.6 Å². The summed E-state index contributed by atoms with van der Waals surface area (Å²) in [7, 11) is 0. The van der Waals surface area contributed by atoms with Crippen molar-refractivity contribution in [2.75, 3.05) is 19.8 Å². The van der Waals surface area contributed by atoms with Gasteiger partial charge in [-0.15, -0.1) is 0 Å². The molecule has 1 fully saturated rings. The molecule has 4 heteroatoms. The van der Waals surface area contributed by atoms with E-state index in [-0.39, 0.29) is 18.6 Å². The SMILES string of the molecule is CCC(=O)N[C@@H](C=C1CC1)CO.CCOCC. The van der Waals surface area contributed by atoms with E-state index in [0.29, 0.717) is 6.42 Å². The average Bonchev–Trinajstić information content (AvgIpc) is 3.13. The van der Waals surface area contributed by atoms with Gasteiger partial charge in [0.15, 0.2) is 0 Å².